The lowest BCUT2D eigenvalue weighted by molar-refractivity contribution is 0.198. The Kier molecular flexibility index (Phi) is 4.90. The summed E-state index contributed by atoms with van der Waals surface area (Å²) in [4.78, 5) is 4.12. The van der Waals surface area contributed by atoms with Crippen LogP contribution in [0.1, 0.15) is 5.89 Å². The molecule has 102 valence electrons. The fourth-order valence-corrected chi connectivity index (χ4v) is 1.66. The van der Waals surface area contributed by atoms with Gasteiger partial charge in [0.15, 0.2) is 5.76 Å². The fraction of sp³-hybridized carbons (Fsp3) is 0.308. The van der Waals surface area contributed by atoms with E-state index in [1.807, 2.05) is 0 Å². The number of hydrogen-bond acceptors (Lipinski definition) is 4. The number of rotatable bonds is 6. The Labute approximate surface area is 115 Å². The van der Waals surface area contributed by atoms with E-state index in [9.17, 15) is 4.39 Å². The summed E-state index contributed by atoms with van der Waals surface area (Å²) in [6.45, 7) is 1.83. The molecule has 0 saturated carbocycles. The number of hydrogen-bond donors (Lipinski definition) is 1. The first-order valence-electron chi connectivity index (χ1n) is 5.80. The van der Waals surface area contributed by atoms with E-state index in [1.165, 1.54) is 12.1 Å². The molecule has 1 heterocycles. The van der Waals surface area contributed by atoms with E-state index >= 15 is 0 Å². The predicted octanol–water partition coefficient (Wildman–Crippen LogP) is 2.87. The van der Waals surface area contributed by atoms with Crippen LogP contribution in [0.5, 0.6) is 0 Å². The van der Waals surface area contributed by atoms with Crippen LogP contribution in [0.4, 0.5) is 4.39 Å². The summed E-state index contributed by atoms with van der Waals surface area (Å²) in [5, 5.41) is 3.20. The van der Waals surface area contributed by atoms with Crippen molar-refractivity contribution < 1.29 is 13.5 Å². The smallest absolute Gasteiger partial charge is 0.208 e. The molecule has 0 spiro atoms. The van der Waals surface area contributed by atoms with Crippen LogP contribution in [0.3, 0.4) is 0 Å². The van der Waals surface area contributed by atoms with Gasteiger partial charge in [0, 0.05) is 19.2 Å². The standard InChI is InChI=1S/C13H14ClFN2O2/c1-18-5-4-16-8-13-17-7-12(19-13)9-2-3-10(14)11(15)6-9/h2-3,6-7,16H,4-5,8H2,1H3. The highest BCUT2D eigenvalue weighted by molar-refractivity contribution is 6.30. The summed E-state index contributed by atoms with van der Waals surface area (Å²) in [5.74, 6) is 0.580. The molecule has 6 heteroatoms. The van der Waals surface area contributed by atoms with Crippen molar-refractivity contribution in [3.05, 3.63) is 41.1 Å². The number of oxazole rings is 1. The lowest BCUT2D eigenvalue weighted by Crippen LogP contribution is -2.18. The lowest BCUT2D eigenvalue weighted by atomic mass is 10.2. The van der Waals surface area contributed by atoms with Gasteiger partial charge in [-0.2, -0.15) is 0 Å². The van der Waals surface area contributed by atoms with Crippen molar-refractivity contribution in [3.63, 3.8) is 0 Å². The predicted molar refractivity (Wildman–Crippen MR) is 70.5 cm³/mol. The normalized spacial score (nSPS) is 10.9. The van der Waals surface area contributed by atoms with Gasteiger partial charge < -0.3 is 14.5 Å². The second kappa shape index (κ2) is 6.65. The topological polar surface area (TPSA) is 47.3 Å². The minimum absolute atomic E-state index is 0.0877. The van der Waals surface area contributed by atoms with Gasteiger partial charge in [-0.1, -0.05) is 11.6 Å². The summed E-state index contributed by atoms with van der Waals surface area (Å²) in [5.41, 5.74) is 0.609. The van der Waals surface area contributed by atoms with E-state index in [2.05, 4.69) is 10.3 Å². The van der Waals surface area contributed by atoms with Gasteiger partial charge in [0.05, 0.1) is 24.4 Å². The van der Waals surface area contributed by atoms with Gasteiger partial charge in [0.2, 0.25) is 5.89 Å². The molecule has 19 heavy (non-hydrogen) atoms. The molecular formula is C13H14ClFN2O2. The average molecular weight is 285 g/mol. The summed E-state index contributed by atoms with van der Waals surface area (Å²) in [6.07, 6.45) is 1.57. The summed E-state index contributed by atoms with van der Waals surface area (Å²) in [6, 6.07) is 4.50. The Hall–Kier alpha value is -1.43. The second-order valence-electron chi connectivity index (χ2n) is 3.92. The molecule has 4 nitrogen and oxygen atoms in total. The van der Waals surface area contributed by atoms with E-state index in [-0.39, 0.29) is 5.02 Å². The molecule has 1 aromatic heterocycles. The highest BCUT2D eigenvalue weighted by atomic mass is 35.5. The van der Waals surface area contributed by atoms with Crippen LogP contribution < -0.4 is 5.32 Å². The summed E-state index contributed by atoms with van der Waals surface area (Å²) < 4.78 is 23.8. The first kappa shape index (κ1) is 14.0. The van der Waals surface area contributed by atoms with Gasteiger partial charge in [-0.15, -0.1) is 0 Å². The summed E-state index contributed by atoms with van der Waals surface area (Å²) >= 11 is 5.63. The van der Waals surface area contributed by atoms with Gasteiger partial charge in [-0.05, 0) is 18.2 Å². The highest BCUT2D eigenvalue weighted by Crippen LogP contribution is 2.24. The number of methoxy groups -OCH3 is 1. The Morgan fingerprint density at radius 2 is 2.32 bits per heavy atom. The maximum atomic E-state index is 13.3. The molecule has 0 unspecified atom stereocenters. The quantitative estimate of drug-likeness (QED) is 0.829. The molecule has 2 rings (SSSR count). The molecule has 0 atom stereocenters. The van der Waals surface area contributed by atoms with E-state index in [4.69, 9.17) is 20.8 Å². The number of halogens is 2. The Morgan fingerprint density at radius 3 is 3.05 bits per heavy atom. The molecule has 1 aromatic carbocycles. The van der Waals surface area contributed by atoms with Crippen molar-refractivity contribution in [2.75, 3.05) is 20.3 Å². The monoisotopic (exact) mass is 284 g/mol. The maximum absolute atomic E-state index is 13.3. The van der Waals surface area contributed by atoms with Crippen LogP contribution in [0.2, 0.25) is 5.02 Å². The van der Waals surface area contributed by atoms with Gasteiger partial charge in [-0.25, -0.2) is 9.37 Å². The number of nitrogens with zero attached hydrogens (tertiary/aromatic N) is 1. The lowest BCUT2D eigenvalue weighted by Gasteiger charge is -2.00. The molecule has 0 saturated heterocycles. The van der Waals surface area contributed by atoms with Gasteiger partial charge in [0.1, 0.15) is 5.82 Å². The summed E-state index contributed by atoms with van der Waals surface area (Å²) in [7, 11) is 1.64. The van der Waals surface area contributed by atoms with Crippen LogP contribution >= 0.6 is 11.6 Å². The first-order valence-corrected chi connectivity index (χ1v) is 6.18. The van der Waals surface area contributed by atoms with E-state index < -0.39 is 5.82 Å². The number of aromatic nitrogens is 1. The molecular weight excluding hydrogens is 271 g/mol. The van der Waals surface area contributed by atoms with Crippen molar-refractivity contribution >= 4 is 11.6 Å². The van der Waals surface area contributed by atoms with Crippen molar-refractivity contribution in [2.24, 2.45) is 0 Å². The molecule has 1 N–H and O–H groups in total. The average Bonchev–Trinajstić information content (AvgIpc) is 2.87. The van der Waals surface area contributed by atoms with Crippen molar-refractivity contribution in [3.8, 4) is 11.3 Å². The first-order chi connectivity index (χ1) is 9.20. The van der Waals surface area contributed by atoms with E-state index in [0.29, 0.717) is 36.9 Å². The van der Waals surface area contributed by atoms with Crippen molar-refractivity contribution in [1.29, 1.82) is 0 Å². The minimum atomic E-state index is -0.477. The van der Waals surface area contributed by atoms with E-state index in [1.54, 1.807) is 19.4 Å². The van der Waals surface area contributed by atoms with Crippen LogP contribution in [0.15, 0.2) is 28.8 Å². The molecule has 0 aliphatic carbocycles. The molecule has 2 aromatic rings. The van der Waals surface area contributed by atoms with Gasteiger partial charge in [0.25, 0.3) is 0 Å². The molecule has 0 bridgehead atoms. The zero-order chi connectivity index (χ0) is 13.7. The SMILES string of the molecule is COCCNCc1ncc(-c2ccc(Cl)c(F)c2)o1. The van der Waals surface area contributed by atoms with Gasteiger partial charge >= 0.3 is 0 Å². The Morgan fingerprint density at radius 1 is 1.47 bits per heavy atom. The van der Waals surface area contributed by atoms with Crippen LogP contribution in [-0.2, 0) is 11.3 Å². The Balaban J connectivity index is 2.01. The van der Waals surface area contributed by atoms with Crippen LogP contribution in [0.25, 0.3) is 11.3 Å². The molecule has 0 radical (unpaired) electrons. The highest BCUT2D eigenvalue weighted by Gasteiger charge is 2.08. The third-order valence-corrected chi connectivity index (χ3v) is 2.82. The fourth-order valence-electron chi connectivity index (χ4n) is 1.54. The van der Waals surface area contributed by atoms with Gasteiger partial charge in [-0.3, -0.25) is 0 Å². The third kappa shape index (κ3) is 3.76. The van der Waals surface area contributed by atoms with Crippen molar-refractivity contribution in [1.82, 2.24) is 10.3 Å². The number of ether oxygens (including phenoxy) is 1. The second-order valence-corrected chi connectivity index (χ2v) is 4.32. The van der Waals surface area contributed by atoms with E-state index in [0.717, 1.165) is 0 Å². The molecule has 0 fully saturated rings. The third-order valence-electron chi connectivity index (χ3n) is 2.52. The zero-order valence-electron chi connectivity index (χ0n) is 10.5. The number of nitrogens with one attached hydrogen (secondary N) is 1. The molecule has 0 amide bonds. The van der Waals surface area contributed by atoms with Crippen LogP contribution in [0, 0.1) is 5.82 Å². The largest absolute Gasteiger partial charge is 0.439 e. The van der Waals surface area contributed by atoms with Crippen molar-refractivity contribution in [2.45, 2.75) is 6.54 Å². The van der Waals surface area contributed by atoms with Crippen LogP contribution in [-0.4, -0.2) is 25.2 Å². The molecule has 0 aliphatic heterocycles. The zero-order valence-corrected chi connectivity index (χ0v) is 11.2. The molecule has 0 aliphatic rings. The minimum Gasteiger partial charge on any atom is -0.439 e. The Bertz CT molecular complexity index is 545. The maximum Gasteiger partial charge on any atom is 0.208 e. The number of benzene rings is 1.